The number of H-pyrrole nitrogens is 2. The monoisotopic (exact) mass is 361 g/mol. The third-order valence-corrected chi connectivity index (χ3v) is 5.02. The molecule has 0 unspecified atom stereocenters. The van der Waals surface area contributed by atoms with Crippen LogP contribution < -0.4 is 21.3 Å². The minimum absolute atomic E-state index is 0. The molecule has 2 aromatic rings. The van der Waals surface area contributed by atoms with Crippen LogP contribution in [0.2, 0.25) is 0 Å². The van der Waals surface area contributed by atoms with Gasteiger partial charge in [0.25, 0.3) is 5.56 Å². The highest BCUT2D eigenvalue weighted by atomic mass is 35.5. The van der Waals surface area contributed by atoms with Gasteiger partial charge in [0, 0.05) is 12.2 Å². The molecule has 0 saturated carbocycles. The maximum atomic E-state index is 12.4. The molecule has 3 rings (SSSR count). The molecular weight excluding hydrogens is 346 g/mol. The highest BCUT2D eigenvalue weighted by molar-refractivity contribution is 7.89. The van der Waals surface area contributed by atoms with Gasteiger partial charge in [0.05, 0.1) is 5.39 Å². The van der Waals surface area contributed by atoms with Gasteiger partial charge in [0.15, 0.2) is 0 Å². The number of rotatable bonds is 3. The summed E-state index contributed by atoms with van der Waals surface area (Å²) in [5, 5.41) is 3.17. The standard InChI is InChI=1S/C12H15N5O4S.ClH/c18-11-9-5-8(6-14-10(9)15-12(19)16-11)22(20,21)17-7-1-3-13-4-2-7;/h5-7,13,17H,1-4H2,(H2,14,15,16,18,19);1H. The molecular formula is C12H16ClN5O4S. The highest BCUT2D eigenvalue weighted by Gasteiger charge is 2.22. The van der Waals surface area contributed by atoms with Gasteiger partial charge >= 0.3 is 5.69 Å². The summed E-state index contributed by atoms with van der Waals surface area (Å²) in [6, 6.07) is 1.07. The zero-order valence-electron chi connectivity index (χ0n) is 12.0. The molecule has 1 aliphatic rings. The number of aromatic nitrogens is 3. The first-order valence-electron chi connectivity index (χ1n) is 6.81. The van der Waals surface area contributed by atoms with Crippen LogP contribution in [0.25, 0.3) is 11.0 Å². The fraction of sp³-hybridized carbons (Fsp3) is 0.417. The van der Waals surface area contributed by atoms with Gasteiger partial charge in [-0.2, -0.15) is 0 Å². The Morgan fingerprint density at radius 3 is 2.57 bits per heavy atom. The lowest BCUT2D eigenvalue weighted by Gasteiger charge is -2.23. The molecule has 0 radical (unpaired) electrons. The van der Waals surface area contributed by atoms with Crippen LogP contribution in [0.5, 0.6) is 0 Å². The lowest BCUT2D eigenvalue weighted by molar-refractivity contribution is 0.427. The molecule has 23 heavy (non-hydrogen) atoms. The number of pyridine rings is 1. The maximum Gasteiger partial charge on any atom is 0.327 e. The van der Waals surface area contributed by atoms with Crippen molar-refractivity contribution in [2.45, 2.75) is 23.8 Å². The number of aromatic amines is 2. The first-order valence-corrected chi connectivity index (χ1v) is 8.29. The fourth-order valence-corrected chi connectivity index (χ4v) is 3.68. The van der Waals surface area contributed by atoms with Crippen molar-refractivity contribution in [3.63, 3.8) is 0 Å². The van der Waals surface area contributed by atoms with E-state index in [4.69, 9.17) is 0 Å². The second-order valence-corrected chi connectivity index (χ2v) is 6.83. The van der Waals surface area contributed by atoms with Crippen molar-refractivity contribution >= 4 is 33.5 Å². The van der Waals surface area contributed by atoms with Crippen molar-refractivity contribution in [3.05, 3.63) is 33.1 Å². The molecule has 126 valence electrons. The fourth-order valence-electron chi connectivity index (χ4n) is 2.40. The molecule has 4 N–H and O–H groups in total. The van der Waals surface area contributed by atoms with Gasteiger partial charge in [-0.25, -0.2) is 22.9 Å². The SMILES string of the molecule is Cl.O=c1[nH]c(=O)c2cc(S(=O)(=O)NC3CCNCC3)cnc2[nH]1. The Labute approximate surface area is 137 Å². The van der Waals surface area contributed by atoms with Crippen LogP contribution in [0.3, 0.4) is 0 Å². The summed E-state index contributed by atoms with van der Waals surface area (Å²) in [6.45, 7) is 1.51. The van der Waals surface area contributed by atoms with E-state index >= 15 is 0 Å². The molecule has 1 saturated heterocycles. The topological polar surface area (TPSA) is 137 Å². The van der Waals surface area contributed by atoms with Crippen molar-refractivity contribution in [3.8, 4) is 0 Å². The molecule has 0 atom stereocenters. The van der Waals surface area contributed by atoms with Gasteiger partial charge in [-0.3, -0.25) is 14.8 Å². The van der Waals surface area contributed by atoms with E-state index in [0.717, 1.165) is 19.3 Å². The van der Waals surface area contributed by atoms with Crippen LogP contribution in [0.4, 0.5) is 0 Å². The van der Waals surface area contributed by atoms with Gasteiger partial charge in [-0.15, -0.1) is 12.4 Å². The zero-order valence-corrected chi connectivity index (χ0v) is 13.6. The summed E-state index contributed by atoms with van der Waals surface area (Å²) in [7, 11) is -3.76. The van der Waals surface area contributed by atoms with Crippen molar-refractivity contribution in [2.24, 2.45) is 0 Å². The Morgan fingerprint density at radius 1 is 1.17 bits per heavy atom. The predicted molar refractivity (Wildman–Crippen MR) is 86.4 cm³/mol. The van der Waals surface area contributed by atoms with E-state index in [1.54, 1.807) is 0 Å². The lowest BCUT2D eigenvalue weighted by atomic mass is 10.1. The summed E-state index contributed by atoms with van der Waals surface area (Å²) >= 11 is 0. The Hall–Kier alpha value is -1.75. The summed E-state index contributed by atoms with van der Waals surface area (Å²) < 4.78 is 27.3. The number of nitrogens with zero attached hydrogens (tertiary/aromatic N) is 1. The van der Waals surface area contributed by atoms with E-state index in [2.05, 4.69) is 20.0 Å². The van der Waals surface area contributed by atoms with E-state index < -0.39 is 21.3 Å². The van der Waals surface area contributed by atoms with Crippen LogP contribution in [0.15, 0.2) is 26.7 Å². The van der Waals surface area contributed by atoms with Gasteiger partial charge in [0.2, 0.25) is 10.0 Å². The van der Waals surface area contributed by atoms with Gasteiger partial charge in [-0.05, 0) is 32.0 Å². The second-order valence-electron chi connectivity index (χ2n) is 5.12. The van der Waals surface area contributed by atoms with Crippen LogP contribution in [0.1, 0.15) is 12.8 Å². The van der Waals surface area contributed by atoms with Crippen LogP contribution >= 0.6 is 12.4 Å². The molecule has 1 fully saturated rings. The minimum Gasteiger partial charge on any atom is -0.317 e. The Kier molecular flexibility index (Phi) is 5.19. The molecule has 2 aromatic heterocycles. The third-order valence-electron chi connectivity index (χ3n) is 3.54. The first-order chi connectivity index (χ1) is 10.5. The van der Waals surface area contributed by atoms with E-state index in [1.165, 1.54) is 6.07 Å². The Balaban J connectivity index is 0.00000192. The van der Waals surface area contributed by atoms with Crippen molar-refractivity contribution < 1.29 is 8.42 Å². The molecule has 9 nitrogen and oxygen atoms in total. The quantitative estimate of drug-likeness (QED) is 0.557. The van der Waals surface area contributed by atoms with E-state index in [9.17, 15) is 18.0 Å². The summed E-state index contributed by atoms with van der Waals surface area (Å²) in [5.41, 5.74) is -1.31. The number of nitrogens with one attached hydrogen (secondary N) is 4. The molecule has 0 amide bonds. The van der Waals surface area contributed by atoms with Crippen molar-refractivity contribution in [2.75, 3.05) is 13.1 Å². The molecule has 0 bridgehead atoms. The zero-order chi connectivity index (χ0) is 15.7. The number of halogens is 1. The van der Waals surface area contributed by atoms with Crippen molar-refractivity contribution in [1.29, 1.82) is 0 Å². The van der Waals surface area contributed by atoms with E-state index in [1.807, 2.05) is 4.98 Å². The van der Waals surface area contributed by atoms with Gasteiger partial charge in [0.1, 0.15) is 10.5 Å². The third kappa shape index (κ3) is 3.78. The largest absolute Gasteiger partial charge is 0.327 e. The molecule has 1 aliphatic heterocycles. The number of hydrogen-bond acceptors (Lipinski definition) is 6. The lowest BCUT2D eigenvalue weighted by Crippen LogP contribution is -2.42. The second kappa shape index (κ2) is 6.79. The van der Waals surface area contributed by atoms with Crippen molar-refractivity contribution in [1.82, 2.24) is 25.0 Å². The minimum atomic E-state index is -3.76. The van der Waals surface area contributed by atoms with Crippen LogP contribution in [-0.2, 0) is 10.0 Å². The van der Waals surface area contributed by atoms with E-state index in [0.29, 0.717) is 12.8 Å². The number of sulfonamides is 1. The summed E-state index contributed by atoms with van der Waals surface area (Å²) in [4.78, 5) is 31.0. The molecule has 0 spiro atoms. The Bertz CT molecular complexity index is 917. The highest BCUT2D eigenvalue weighted by Crippen LogP contribution is 2.13. The average Bonchev–Trinajstić information content (AvgIpc) is 2.47. The van der Waals surface area contributed by atoms with Crippen LogP contribution in [0, 0.1) is 0 Å². The number of fused-ring (bicyclic) bond motifs is 1. The molecule has 0 aliphatic carbocycles. The number of hydrogen-bond donors (Lipinski definition) is 4. The molecule has 3 heterocycles. The normalized spacial score (nSPS) is 16.2. The Morgan fingerprint density at radius 2 is 1.87 bits per heavy atom. The van der Waals surface area contributed by atoms with Gasteiger partial charge < -0.3 is 5.32 Å². The van der Waals surface area contributed by atoms with Gasteiger partial charge in [-0.1, -0.05) is 0 Å². The van der Waals surface area contributed by atoms with E-state index in [-0.39, 0.29) is 34.4 Å². The molecule has 11 heteroatoms. The summed E-state index contributed by atoms with van der Waals surface area (Å²) in [6.07, 6.45) is 2.53. The number of piperidine rings is 1. The molecule has 0 aromatic carbocycles. The first kappa shape index (κ1) is 17.6. The van der Waals surface area contributed by atoms with Crippen LogP contribution in [-0.4, -0.2) is 42.5 Å². The predicted octanol–water partition coefficient (Wildman–Crippen LogP) is -0.936. The average molecular weight is 362 g/mol. The summed E-state index contributed by atoms with van der Waals surface area (Å²) in [5.74, 6) is 0. The maximum absolute atomic E-state index is 12.4. The smallest absolute Gasteiger partial charge is 0.317 e.